The highest BCUT2D eigenvalue weighted by Crippen LogP contribution is 2.36. The molecule has 0 saturated carbocycles. The lowest BCUT2D eigenvalue weighted by molar-refractivity contribution is 0.00578. The molecule has 5 heteroatoms. The topological polar surface area (TPSA) is 34.6 Å². The van der Waals surface area contributed by atoms with Gasteiger partial charge in [0.25, 0.3) is 0 Å². The molecule has 22 heavy (non-hydrogen) atoms. The molecule has 2 fully saturated rings. The highest BCUT2D eigenvalue weighted by atomic mass is 16.7. The predicted molar refractivity (Wildman–Crippen MR) is 90.6 cm³/mol. The summed E-state index contributed by atoms with van der Waals surface area (Å²) in [5.41, 5.74) is -0.287. The molecule has 3 rings (SSSR count). The maximum absolute atomic E-state index is 8.64. The van der Waals surface area contributed by atoms with E-state index >= 15 is 0 Å². The van der Waals surface area contributed by atoms with Crippen LogP contribution in [0.25, 0.3) is 0 Å². The van der Waals surface area contributed by atoms with E-state index in [-0.39, 0.29) is 18.3 Å². The van der Waals surface area contributed by atoms with Crippen LogP contribution in [0.1, 0.15) is 51.6 Å². The smallest absolute Gasteiger partial charge is 0.398 e. The Bertz CT molecular complexity index is 668. The fraction of sp³-hybridized carbons (Fsp3) is 0.706. The molecule has 0 aromatic carbocycles. The Kier molecular flexibility index (Phi) is 3.11. The number of anilines is 1. The first-order chi connectivity index (χ1) is 11.5. The van der Waals surface area contributed by atoms with E-state index in [0.717, 1.165) is 25.9 Å². The quantitative estimate of drug-likeness (QED) is 0.787. The van der Waals surface area contributed by atoms with Gasteiger partial charge in [0.15, 0.2) is 0 Å². The van der Waals surface area contributed by atoms with Gasteiger partial charge in [0.1, 0.15) is 0 Å². The van der Waals surface area contributed by atoms with E-state index in [4.69, 9.17) is 13.4 Å². The van der Waals surface area contributed by atoms with Crippen molar-refractivity contribution in [1.82, 2.24) is 4.98 Å². The van der Waals surface area contributed by atoms with Crippen molar-refractivity contribution in [3.8, 4) is 0 Å². The monoisotopic (exact) mass is 305 g/mol. The van der Waals surface area contributed by atoms with Crippen LogP contribution in [0.5, 0.6) is 0 Å². The maximum atomic E-state index is 8.64. The summed E-state index contributed by atoms with van der Waals surface area (Å²) in [4.78, 5) is 6.22. The van der Waals surface area contributed by atoms with Crippen molar-refractivity contribution >= 4 is 18.4 Å². The number of nitrogens with zero attached hydrogens (tertiary/aromatic N) is 2. The van der Waals surface area contributed by atoms with Gasteiger partial charge in [0, 0.05) is 24.9 Å². The first kappa shape index (κ1) is 12.4. The van der Waals surface area contributed by atoms with Crippen LogP contribution in [-0.4, -0.2) is 36.4 Å². The van der Waals surface area contributed by atoms with Gasteiger partial charge >= 0.3 is 7.12 Å². The van der Waals surface area contributed by atoms with Gasteiger partial charge in [0.2, 0.25) is 0 Å². The van der Waals surface area contributed by atoms with Gasteiger partial charge in [-0.25, -0.2) is 0 Å². The van der Waals surface area contributed by atoms with Gasteiger partial charge in [-0.1, -0.05) is 6.92 Å². The van der Waals surface area contributed by atoms with Crippen LogP contribution in [-0.2, 0) is 9.31 Å². The summed E-state index contributed by atoms with van der Waals surface area (Å²) in [6, 6.07) is 0.160. The summed E-state index contributed by atoms with van der Waals surface area (Å²) in [6.07, 6.45) is 2.05. The fourth-order valence-corrected chi connectivity index (χ4v) is 2.94. The van der Waals surface area contributed by atoms with E-state index in [1.165, 1.54) is 0 Å². The Morgan fingerprint density at radius 3 is 2.64 bits per heavy atom. The molecule has 2 aliphatic heterocycles. The second-order valence-corrected chi connectivity index (χ2v) is 7.49. The van der Waals surface area contributed by atoms with Crippen molar-refractivity contribution in [1.29, 1.82) is 0 Å². The molecule has 1 unspecified atom stereocenters. The van der Waals surface area contributed by atoms with Crippen LogP contribution >= 0.6 is 0 Å². The SMILES string of the molecule is [2H]c1nc(B2OC(C)(C)C(C)(C)O2)c([2H])c(N2CCCC(C)C2)c1[2H]. The third-order valence-electron chi connectivity index (χ3n) is 5.05. The minimum atomic E-state index is -0.789. The van der Waals surface area contributed by atoms with E-state index in [0.29, 0.717) is 17.2 Å². The molecule has 1 atom stereocenters. The number of aromatic nitrogens is 1. The van der Waals surface area contributed by atoms with Crippen LogP contribution in [0.3, 0.4) is 0 Å². The first-order valence-electron chi connectivity index (χ1n) is 9.62. The number of rotatable bonds is 2. The van der Waals surface area contributed by atoms with Crippen molar-refractivity contribution in [2.24, 2.45) is 5.92 Å². The van der Waals surface area contributed by atoms with Crippen LogP contribution in [0.4, 0.5) is 5.69 Å². The number of piperidine rings is 1. The van der Waals surface area contributed by atoms with E-state index < -0.39 is 18.3 Å². The van der Waals surface area contributed by atoms with Crippen LogP contribution in [0.2, 0.25) is 0 Å². The molecule has 1 aromatic rings. The molecule has 4 nitrogen and oxygen atoms in total. The Hall–Kier alpha value is -1.07. The largest absolute Gasteiger partial charge is 0.514 e. The highest BCUT2D eigenvalue weighted by Gasteiger charge is 2.52. The van der Waals surface area contributed by atoms with Gasteiger partial charge in [-0.05, 0) is 58.5 Å². The molecule has 0 bridgehead atoms. The maximum Gasteiger partial charge on any atom is 0.514 e. The molecule has 2 aliphatic rings. The molecule has 120 valence electrons. The van der Waals surface area contributed by atoms with E-state index in [1.54, 1.807) is 0 Å². The summed E-state index contributed by atoms with van der Waals surface area (Å²) < 4.78 is 37.1. The molecule has 2 saturated heterocycles. The van der Waals surface area contributed by atoms with Gasteiger partial charge in [-0.15, -0.1) is 0 Å². The highest BCUT2D eigenvalue weighted by molar-refractivity contribution is 6.61. The van der Waals surface area contributed by atoms with Crippen molar-refractivity contribution in [3.05, 3.63) is 18.3 Å². The minimum absolute atomic E-state index is 0.0133. The van der Waals surface area contributed by atoms with Crippen LogP contribution in [0, 0.1) is 5.92 Å². The summed E-state index contributed by atoms with van der Waals surface area (Å²) in [5.74, 6) is 0.509. The lowest BCUT2D eigenvalue weighted by Crippen LogP contribution is -2.41. The zero-order valence-electron chi connectivity index (χ0n) is 17.2. The Labute approximate surface area is 138 Å². The summed E-state index contributed by atoms with van der Waals surface area (Å²) in [7, 11) is -0.789. The molecule has 0 spiro atoms. The van der Waals surface area contributed by atoms with Gasteiger partial charge in [0.05, 0.1) is 20.9 Å². The summed E-state index contributed by atoms with van der Waals surface area (Å²) in [5, 5.41) is 0. The Morgan fingerprint density at radius 1 is 1.32 bits per heavy atom. The molecule has 0 N–H and O–H groups in total. The van der Waals surface area contributed by atoms with Crippen LogP contribution < -0.4 is 10.5 Å². The van der Waals surface area contributed by atoms with E-state index in [1.807, 2.05) is 32.6 Å². The van der Waals surface area contributed by atoms with Crippen molar-refractivity contribution < 1.29 is 13.4 Å². The third kappa shape index (κ3) is 2.89. The number of hydrogen-bond donors (Lipinski definition) is 0. The zero-order chi connectivity index (χ0) is 18.6. The third-order valence-corrected chi connectivity index (χ3v) is 5.05. The second kappa shape index (κ2) is 5.53. The predicted octanol–water partition coefficient (Wildman–Crippen LogP) is 2.62. The molecule has 0 aliphatic carbocycles. The lowest BCUT2D eigenvalue weighted by Gasteiger charge is -2.33. The molecule has 1 aromatic heterocycles. The van der Waals surface area contributed by atoms with Gasteiger partial charge < -0.3 is 14.2 Å². The van der Waals surface area contributed by atoms with E-state index in [2.05, 4.69) is 11.9 Å². The normalized spacial score (nSPS) is 29.1. The van der Waals surface area contributed by atoms with E-state index in [9.17, 15) is 0 Å². The first-order valence-corrected chi connectivity index (χ1v) is 8.12. The molecular formula is C17H27BN2O2. The minimum Gasteiger partial charge on any atom is -0.398 e. The number of hydrogen-bond acceptors (Lipinski definition) is 4. The average molecular weight is 305 g/mol. The summed E-state index contributed by atoms with van der Waals surface area (Å²) in [6.45, 7) is 11.6. The molecule has 0 radical (unpaired) electrons. The summed E-state index contributed by atoms with van der Waals surface area (Å²) >= 11 is 0. The lowest BCUT2D eigenvalue weighted by atomic mass is 9.84. The Morgan fingerprint density at radius 2 is 2.00 bits per heavy atom. The second-order valence-electron chi connectivity index (χ2n) is 7.49. The fourth-order valence-electron chi connectivity index (χ4n) is 2.94. The van der Waals surface area contributed by atoms with Crippen LogP contribution in [0.15, 0.2) is 18.3 Å². The van der Waals surface area contributed by atoms with Crippen molar-refractivity contribution in [2.45, 2.75) is 58.7 Å². The van der Waals surface area contributed by atoms with Gasteiger partial charge in [-0.3, -0.25) is 4.98 Å². The molecule has 3 heterocycles. The van der Waals surface area contributed by atoms with Crippen molar-refractivity contribution in [2.75, 3.05) is 18.0 Å². The molecular weight excluding hydrogens is 275 g/mol. The number of pyridine rings is 1. The van der Waals surface area contributed by atoms with Gasteiger partial charge in [-0.2, -0.15) is 0 Å². The standard InChI is InChI=1S/C17H27BN2O2/c1-13-7-6-10-20(12-13)14-8-9-19-15(11-14)18-21-16(2,3)17(4,5)22-18/h8-9,11,13H,6-7,10,12H2,1-5H3/i8D,9D,11D. The Balaban J connectivity index is 2.02. The van der Waals surface area contributed by atoms with Crippen molar-refractivity contribution in [3.63, 3.8) is 0 Å². The molecule has 0 amide bonds. The zero-order valence-corrected chi connectivity index (χ0v) is 14.2. The average Bonchev–Trinajstić information content (AvgIpc) is 2.71.